The summed E-state index contributed by atoms with van der Waals surface area (Å²) < 4.78 is 12.2. The maximum atomic E-state index is 12.2. The quantitative estimate of drug-likeness (QED) is 0.891. The highest BCUT2D eigenvalue weighted by Gasteiger charge is 2.18. The van der Waals surface area contributed by atoms with E-state index >= 15 is 0 Å². The summed E-state index contributed by atoms with van der Waals surface area (Å²) in [5, 5.41) is 9.06. The van der Waals surface area contributed by atoms with E-state index in [1.54, 1.807) is 18.2 Å². The molecule has 1 unspecified atom stereocenters. The Balaban J connectivity index is 2.01. The molecule has 0 aromatic heterocycles. The number of aromatic carboxylic acids is 1. The van der Waals surface area contributed by atoms with Crippen molar-refractivity contribution in [2.45, 2.75) is 37.0 Å². The molecule has 4 heteroatoms. The van der Waals surface area contributed by atoms with Gasteiger partial charge in [0.25, 0.3) is 0 Å². The maximum Gasteiger partial charge on any atom is 0.336 e. The van der Waals surface area contributed by atoms with E-state index in [0.29, 0.717) is 16.6 Å². The number of rotatable bonds is 5. The zero-order valence-electron chi connectivity index (χ0n) is 10.3. The summed E-state index contributed by atoms with van der Waals surface area (Å²) in [7, 11) is -1.19. The van der Waals surface area contributed by atoms with Crippen molar-refractivity contribution in [2.75, 3.05) is 5.75 Å². The topological polar surface area (TPSA) is 54.4 Å². The van der Waals surface area contributed by atoms with E-state index in [0.717, 1.165) is 6.42 Å². The van der Waals surface area contributed by atoms with E-state index in [4.69, 9.17) is 5.11 Å². The van der Waals surface area contributed by atoms with Gasteiger partial charge in [0, 0.05) is 5.75 Å². The largest absolute Gasteiger partial charge is 0.478 e. The van der Waals surface area contributed by atoms with Crippen LogP contribution in [0.15, 0.2) is 29.2 Å². The fraction of sp³-hybridized carbons (Fsp3) is 0.500. The molecule has 0 bridgehead atoms. The average Bonchev–Trinajstić information content (AvgIpc) is 2.89. The van der Waals surface area contributed by atoms with Crippen molar-refractivity contribution in [3.8, 4) is 0 Å². The molecule has 0 amide bonds. The number of carbonyl (C=O) groups is 1. The van der Waals surface area contributed by atoms with E-state index in [-0.39, 0.29) is 5.56 Å². The molecule has 1 aromatic carbocycles. The van der Waals surface area contributed by atoms with Gasteiger partial charge in [-0.2, -0.15) is 0 Å². The zero-order valence-corrected chi connectivity index (χ0v) is 11.1. The van der Waals surface area contributed by atoms with Crippen LogP contribution in [0.5, 0.6) is 0 Å². The Labute approximate surface area is 110 Å². The van der Waals surface area contributed by atoms with Crippen LogP contribution < -0.4 is 0 Å². The minimum Gasteiger partial charge on any atom is -0.478 e. The van der Waals surface area contributed by atoms with Crippen LogP contribution in [-0.4, -0.2) is 21.0 Å². The summed E-state index contributed by atoms with van der Waals surface area (Å²) >= 11 is 0. The molecule has 0 heterocycles. The van der Waals surface area contributed by atoms with Gasteiger partial charge >= 0.3 is 5.97 Å². The van der Waals surface area contributed by atoms with Gasteiger partial charge in [0.1, 0.15) is 0 Å². The smallest absolute Gasteiger partial charge is 0.336 e. The minimum absolute atomic E-state index is 0.169. The van der Waals surface area contributed by atoms with Crippen molar-refractivity contribution in [1.82, 2.24) is 0 Å². The molecule has 1 saturated carbocycles. The monoisotopic (exact) mass is 266 g/mol. The lowest BCUT2D eigenvalue weighted by molar-refractivity contribution is 0.0693. The van der Waals surface area contributed by atoms with Crippen molar-refractivity contribution in [1.29, 1.82) is 0 Å². The lowest BCUT2D eigenvalue weighted by Crippen LogP contribution is -2.08. The minimum atomic E-state index is -1.19. The second kappa shape index (κ2) is 6.14. The van der Waals surface area contributed by atoms with E-state index in [9.17, 15) is 9.00 Å². The standard InChI is InChI=1S/C14H18O3S/c15-14(16)12-7-3-4-8-13(12)18(17)10-9-11-5-1-2-6-11/h3-4,7-8,11H,1-2,5-6,9-10H2,(H,15,16). The lowest BCUT2D eigenvalue weighted by atomic mass is 10.1. The summed E-state index contributed by atoms with van der Waals surface area (Å²) in [6.45, 7) is 0. The van der Waals surface area contributed by atoms with Crippen LogP contribution in [0.1, 0.15) is 42.5 Å². The van der Waals surface area contributed by atoms with Gasteiger partial charge in [0.15, 0.2) is 0 Å². The van der Waals surface area contributed by atoms with E-state index in [2.05, 4.69) is 0 Å². The van der Waals surface area contributed by atoms with Crippen molar-refractivity contribution >= 4 is 16.8 Å². The lowest BCUT2D eigenvalue weighted by Gasteiger charge is -2.09. The Morgan fingerprint density at radius 3 is 2.61 bits per heavy atom. The summed E-state index contributed by atoms with van der Waals surface area (Å²) in [5.74, 6) is 0.264. The third-order valence-corrected chi connectivity index (χ3v) is 5.00. The molecule has 3 nitrogen and oxygen atoms in total. The Morgan fingerprint density at radius 2 is 1.94 bits per heavy atom. The van der Waals surface area contributed by atoms with Gasteiger partial charge in [-0.05, 0) is 24.5 Å². The second-order valence-corrected chi connectivity index (χ2v) is 6.33. The maximum absolute atomic E-state index is 12.2. The first-order valence-electron chi connectivity index (χ1n) is 6.39. The van der Waals surface area contributed by atoms with Crippen molar-refractivity contribution in [3.05, 3.63) is 29.8 Å². The molecule has 0 saturated heterocycles. The molecule has 0 radical (unpaired) electrons. The summed E-state index contributed by atoms with van der Waals surface area (Å²) in [4.78, 5) is 11.5. The van der Waals surface area contributed by atoms with Crippen molar-refractivity contribution < 1.29 is 14.1 Å². The molecule has 1 aliphatic rings. The van der Waals surface area contributed by atoms with E-state index in [1.165, 1.54) is 31.7 Å². The van der Waals surface area contributed by atoms with Crippen molar-refractivity contribution in [3.63, 3.8) is 0 Å². The first-order chi connectivity index (χ1) is 8.68. The second-order valence-electron chi connectivity index (χ2n) is 4.79. The third-order valence-electron chi connectivity index (χ3n) is 3.55. The number of carboxylic acids is 1. The highest BCUT2D eigenvalue weighted by atomic mass is 32.2. The molecule has 1 N–H and O–H groups in total. The van der Waals surface area contributed by atoms with E-state index in [1.807, 2.05) is 0 Å². The number of benzene rings is 1. The summed E-state index contributed by atoms with van der Waals surface area (Å²) in [5.41, 5.74) is 0.169. The fourth-order valence-electron chi connectivity index (χ4n) is 2.52. The van der Waals surface area contributed by atoms with Gasteiger partial charge in [-0.3, -0.25) is 4.21 Å². The first kappa shape index (κ1) is 13.3. The van der Waals surface area contributed by atoms with Gasteiger partial charge in [-0.25, -0.2) is 4.79 Å². The molecule has 0 spiro atoms. The van der Waals surface area contributed by atoms with Crippen LogP contribution in [0, 0.1) is 5.92 Å². The summed E-state index contributed by atoms with van der Waals surface area (Å²) in [6.07, 6.45) is 5.97. The van der Waals surface area contributed by atoms with Gasteiger partial charge in [-0.15, -0.1) is 0 Å². The molecular weight excluding hydrogens is 248 g/mol. The molecule has 1 fully saturated rings. The predicted molar refractivity (Wildman–Crippen MR) is 71.3 cm³/mol. The van der Waals surface area contributed by atoms with E-state index < -0.39 is 16.8 Å². The van der Waals surface area contributed by atoms with Crippen LogP contribution in [0.25, 0.3) is 0 Å². The fourth-order valence-corrected chi connectivity index (χ4v) is 3.92. The number of hydrogen-bond donors (Lipinski definition) is 1. The van der Waals surface area contributed by atoms with Crippen LogP contribution in [0.4, 0.5) is 0 Å². The molecule has 2 rings (SSSR count). The van der Waals surface area contributed by atoms with Gasteiger partial charge in [-0.1, -0.05) is 37.8 Å². The van der Waals surface area contributed by atoms with Crippen molar-refractivity contribution in [2.24, 2.45) is 5.92 Å². The first-order valence-corrected chi connectivity index (χ1v) is 7.71. The average molecular weight is 266 g/mol. The SMILES string of the molecule is O=C(O)c1ccccc1S(=O)CCC1CCCC1. The Kier molecular flexibility index (Phi) is 4.53. The highest BCUT2D eigenvalue weighted by molar-refractivity contribution is 7.85. The van der Waals surface area contributed by atoms with Gasteiger partial charge in [0.2, 0.25) is 0 Å². The van der Waals surface area contributed by atoms with Crippen LogP contribution >= 0.6 is 0 Å². The Bertz CT molecular complexity index is 450. The van der Waals surface area contributed by atoms with Crippen LogP contribution in [0.3, 0.4) is 0 Å². The molecule has 1 atom stereocenters. The molecular formula is C14H18O3S. The molecule has 1 aromatic rings. The number of carboxylic acid groups (broad SMARTS) is 1. The van der Waals surface area contributed by atoms with Gasteiger partial charge in [0.05, 0.1) is 21.3 Å². The van der Waals surface area contributed by atoms with Crippen LogP contribution in [0.2, 0.25) is 0 Å². The normalized spacial score (nSPS) is 17.8. The van der Waals surface area contributed by atoms with Crippen LogP contribution in [-0.2, 0) is 10.8 Å². The molecule has 18 heavy (non-hydrogen) atoms. The predicted octanol–water partition coefficient (Wildman–Crippen LogP) is 3.07. The highest BCUT2D eigenvalue weighted by Crippen LogP contribution is 2.28. The molecule has 0 aliphatic heterocycles. The summed E-state index contributed by atoms with van der Waals surface area (Å²) in [6, 6.07) is 6.59. The number of hydrogen-bond acceptors (Lipinski definition) is 2. The zero-order chi connectivity index (χ0) is 13.0. The van der Waals surface area contributed by atoms with Gasteiger partial charge < -0.3 is 5.11 Å². The Morgan fingerprint density at radius 1 is 1.28 bits per heavy atom. The molecule has 1 aliphatic carbocycles. The molecule has 98 valence electrons. The Hall–Kier alpha value is -1.16. The third kappa shape index (κ3) is 3.19.